The molecule has 0 unspecified atom stereocenters. The summed E-state index contributed by atoms with van der Waals surface area (Å²) in [7, 11) is 0. The number of fused-ring (bicyclic) bond motifs is 1. The molecule has 1 atom stereocenters. The fourth-order valence-electron chi connectivity index (χ4n) is 1.92. The summed E-state index contributed by atoms with van der Waals surface area (Å²) in [4.78, 5) is 0. The Kier molecular flexibility index (Phi) is 3.36. The van der Waals surface area contributed by atoms with Gasteiger partial charge in [-0.3, -0.25) is 0 Å². The van der Waals surface area contributed by atoms with Gasteiger partial charge in [0.1, 0.15) is 0 Å². The second kappa shape index (κ2) is 4.75. The molecule has 0 saturated heterocycles. The van der Waals surface area contributed by atoms with E-state index in [0.29, 0.717) is 19.6 Å². The third-order valence-electron chi connectivity index (χ3n) is 2.83. The van der Waals surface area contributed by atoms with Crippen molar-refractivity contribution in [2.75, 3.05) is 13.2 Å². The topological polar surface area (TPSA) is 55.5 Å². The fourth-order valence-corrected chi connectivity index (χ4v) is 1.92. The van der Waals surface area contributed by atoms with E-state index >= 15 is 0 Å². The van der Waals surface area contributed by atoms with Crippen molar-refractivity contribution in [3.63, 3.8) is 0 Å². The first kappa shape index (κ1) is 10.6. The summed E-state index contributed by atoms with van der Waals surface area (Å²) in [5.41, 5.74) is 8.94. The summed E-state index contributed by atoms with van der Waals surface area (Å²) in [6, 6.07) is 6.09. The lowest BCUT2D eigenvalue weighted by atomic mass is 9.97. The van der Waals surface area contributed by atoms with E-state index < -0.39 is 6.10 Å². The van der Waals surface area contributed by atoms with Crippen molar-refractivity contribution in [2.24, 2.45) is 5.73 Å². The standard InChI is InChI=1S/C12H17NO2/c13-5-3-12(14)10-1-2-11-8-15-6-4-9(11)7-10/h1-2,7,12,14H,3-6,8,13H2/t12-/m1/s1. The maximum Gasteiger partial charge on any atom is 0.0802 e. The number of aliphatic hydroxyl groups excluding tert-OH is 1. The van der Waals surface area contributed by atoms with Crippen LogP contribution in [0.15, 0.2) is 18.2 Å². The molecule has 0 aliphatic carbocycles. The second-order valence-corrected chi connectivity index (χ2v) is 3.92. The summed E-state index contributed by atoms with van der Waals surface area (Å²) in [6.07, 6.45) is 1.14. The lowest BCUT2D eigenvalue weighted by molar-refractivity contribution is 0.110. The van der Waals surface area contributed by atoms with Gasteiger partial charge in [-0.1, -0.05) is 18.2 Å². The molecule has 0 aromatic heterocycles. The maximum atomic E-state index is 9.81. The van der Waals surface area contributed by atoms with Crippen LogP contribution in [0.5, 0.6) is 0 Å². The minimum absolute atomic E-state index is 0.428. The number of nitrogens with two attached hydrogens (primary N) is 1. The van der Waals surface area contributed by atoms with Crippen LogP contribution in [0.1, 0.15) is 29.2 Å². The van der Waals surface area contributed by atoms with Gasteiger partial charge in [0.2, 0.25) is 0 Å². The highest BCUT2D eigenvalue weighted by Gasteiger charge is 2.12. The molecule has 1 aromatic rings. The molecule has 3 N–H and O–H groups in total. The van der Waals surface area contributed by atoms with Gasteiger partial charge in [-0.25, -0.2) is 0 Å². The molecule has 3 heteroatoms. The number of rotatable bonds is 3. The van der Waals surface area contributed by atoms with Crippen LogP contribution >= 0.6 is 0 Å². The summed E-state index contributed by atoms with van der Waals surface area (Å²) in [5, 5.41) is 9.81. The Bertz CT molecular complexity index is 338. The van der Waals surface area contributed by atoms with Gasteiger partial charge in [0, 0.05) is 0 Å². The molecule has 82 valence electrons. The average Bonchev–Trinajstić information content (AvgIpc) is 2.29. The molecule has 1 heterocycles. The Balaban J connectivity index is 2.20. The van der Waals surface area contributed by atoms with Gasteiger partial charge in [0.15, 0.2) is 0 Å². The van der Waals surface area contributed by atoms with Crippen LogP contribution < -0.4 is 5.73 Å². The van der Waals surface area contributed by atoms with Crippen LogP contribution in [0.25, 0.3) is 0 Å². The molecule has 15 heavy (non-hydrogen) atoms. The van der Waals surface area contributed by atoms with Gasteiger partial charge in [-0.05, 0) is 36.1 Å². The molecule has 0 amide bonds. The third kappa shape index (κ3) is 2.37. The van der Waals surface area contributed by atoms with Crippen molar-refractivity contribution in [2.45, 2.75) is 25.6 Å². The molecule has 0 spiro atoms. The number of benzene rings is 1. The van der Waals surface area contributed by atoms with E-state index in [9.17, 15) is 5.11 Å². The monoisotopic (exact) mass is 207 g/mol. The summed E-state index contributed by atoms with van der Waals surface area (Å²) < 4.78 is 5.36. The van der Waals surface area contributed by atoms with Crippen LogP contribution in [-0.2, 0) is 17.8 Å². The van der Waals surface area contributed by atoms with Gasteiger partial charge >= 0.3 is 0 Å². The zero-order valence-corrected chi connectivity index (χ0v) is 8.78. The molecule has 0 bridgehead atoms. The molecular formula is C12H17NO2. The van der Waals surface area contributed by atoms with Gasteiger partial charge in [-0.15, -0.1) is 0 Å². The molecule has 2 rings (SSSR count). The van der Waals surface area contributed by atoms with Crippen molar-refractivity contribution in [1.82, 2.24) is 0 Å². The highest BCUT2D eigenvalue weighted by atomic mass is 16.5. The van der Waals surface area contributed by atoms with Crippen LogP contribution in [0.3, 0.4) is 0 Å². The Morgan fingerprint density at radius 3 is 3.07 bits per heavy atom. The predicted molar refractivity (Wildman–Crippen MR) is 58.4 cm³/mol. The lowest BCUT2D eigenvalue weighted by Gasteiger charge is -2.18. The largest absolute Gasteiger partial charge is 0.388 e. The molecule has 1 aromatic carbocycles. The molecule has 1 aliphatic heterocycles. The minimum Gasteiger partial charge on any atom is -0.388 e. The highest BCUT2D eigenvalue weighted by molar-refractivity contribution is 5.33. The van der Waals surface area contributed by atoms with E-state index in [4.69, 9.17) is 10.5 Å². The van der Waals surface area contributed by atoms with Crippen molar-refractivity contribution < 1.29 is 9.84 Å². The van der Waals surface area contributed by atoms with Gasteiger partial charge < -0.3 is 15.6 Å². The zero-order valence-electron chi connectivity index (χ0n) is 8.78. The number of hydrogen-bond acceptors (Lipinski definition) is 3. The predicted octanol–water partition coefficient (Wildman–Crippen LogP) is 1.14. The maximum absolute atomic E-state index is 9.81. The van der Waals surface area contributed by atoms with E-state index in [2.05, 4.69) is 6.07 Å². The van der Waals surface area contributed by atoms with E-state index in [1.54, 1.807) is 0 Å². The number of aliphatic hydroxyl groups is 1. The molecule has 0 fully saturated rings. The van der Waals surface area contributed by atoms with Crippen LogP contribution in [-0.4, -0.2) is 18.3 Å². The third-order valence-corrected chi connectivity index (χ3v) is 2.83. The van der Waals surface area contributed by atoms with Crippen molar-refractivity contribution >= 4 is 0 Å². The fraction of sp³-hybridized carbons (Fsp3) is 0.500. The van der Waals surface area contributed by atoms with Crippen molar-refractivity contribution in [3.05, 3.63) is 34.9 Å². The quantitative estimate of drug-likeness (QED) is 0.781. The van der Waals surface area contributed by atoms with Gasteiger partial charge in [0.05, 0.1) is 19.3 Å². The minimum atomic E-state index is -0.428. The zero-order chi connectivity index (χ0) is 10.7. The normalized spacial score (nSPS) is 17.2. The van der Waals surface area contributed by atoms with Crippen LogP contribution in [0.4, 0.5) is 0 Å². The van der Waals surface area contributed by atoms with E-state index in [1.165, 1.54) is 11.1 Å². The van der Waals surface area contributed by atoms with Gasteiger partial charge in [0.25, 0.3) is 0 Å². The van der Waals surface area contributed by atoms with E-state index in [1.807, 2.05) is 12.1 Å². The Hall–Kier alpha value is -0.900. The van der Waals surface area contributed by atoms with Crippen LogP contribution in [0, 0.1) is 0 Å². The van der Waals surface area contributed by atoms with Crippen molar-refractivity contribution in [3.8, 4) is 0 Å². The summed E-state index contributed by atoms with van der Waals surface area (Å²) in [6.45, 7) is 1.99. The van der Waals surface area contributed by atoms with Crippen molar-refractivity contribution in [1.29, 1.82) is 0 Å². The second-order valence-electron chi connectivity index (χ2n) is 3.92. The SMILES string of the molecule is NCC[C@@H](O)c1ccc2c(c1)CCOC2. The summed E-state index contributed by atoms with van der Waals surface area (Å²) >= 11 is 0. The Morgan fingerprint density at radius 2 is 2.27 bits per heavy atom. The summed E-state index contributed by atoms with van der Waals surface area (Å²) in [5.74, 6) is 0. The Morgan fingerprint density at radius 1 is 1.40 bits per heavy atom. The molecular weight excluding hydrogens is 190 g/mol. The molecule has 1 aliphatic rings. The van der Waals surface area contributed by atoms with Crippen LogP contribution in [0.2, 0.25) is 0 Å². The average molecular weight is 207 g/mol. The first-order valence-corrected chi connectivity index (χ1v) is 5.39. The number of hydrogen-bond donors (Lipinski definition) is 2. The smallest absolute Gasteiger partial charge is 0.0802 e. The number of ether oxygens (including phenoxy) is 1. The first-order valence-electron chi connectivity index (χ1n) is 5.39. The Labute approximate surface area is 89.9 Å². The van der Waals surface area contributed by atoms with Gasteiger partial charge in [-0.2, -0.15) is 0 Å². The van der Waals surface area contributed by atoms with E-state index in [-0.39, 0.29) is 0 Å². The molecule has 0 saturated carbocycles. The first-order chi connectivity index (χ1) is 7.31. The lowest BCUT2D eigenvalue weighted by Crippen LogP contribution is -2.12. The highest BCUT2D eigenvalue weighted by Crippen LogP contribution is 2.23. The van der Waals surface area contributed by atoms with E-state index in [0.717, 1.165) is 18.6 Å². The molecule has 0 radical (unpaired) electrons. The molecule has 3 nitrogen and oxygen atoms in total.